The lowest BCUT2D eigenvalue weighted by Gasteiger charge is -2.00. The molecule has 0 aliphatic rings. The van der Waals surface area contributed by atoms with Gasteiger partial charge < -0.3 is 10.4 Å². The zero-order valence-corrected chi connectivity index (χ0v) is 11.9. The summed E-state index contributed by atoms with van der Waals surface area (Å²) in [6, 6.07) is 1.79. The highest BCUT2D eigenvalue weighted by Gasteiger charge is 2.12. The Kier molecular flexibility index (Phi) is 4.36. The van der Waals surface area contributed by atoms with E-state index in [1.807, 2.05) is 11.6 Å². The molecule has 2 aromatic rings. The number of amides is 1. The maximum Gasteiger partial charge on any atom is 0.325 e. The van der Waals surface area contributed by atoms with E-state index in [1.54, 1.807) is 6.07 Å². The largest absolute Gasteiger partial charge is 0.480 e. The highest BCUT2D eigenvalue weighted by Crippen LogP contribution is 2.11. The fourth-order valence-electron chi connectivity index (χ4n) is 1.90. The molecule has 8 heteroatoms. The van der Waals surface area contributed by atoms with E-state index in [0.717, 1.165) is 18.7 Å². The van der Waals surface area contributed by atoms with Crippen LogP contribution in [0.2, 0.25) is 0 Å². The fraction of sp³-hybridized carbons (Fsp3) is 0.385. The number of carboxylic acid groups (broad SMARTS) is 1. The van der Waals surface area contributed by atoms with E-state index in [2.05, 4.69) is 22.4 Å². The summed E-state index contributed by atoms with van der Waals surface area (Å²) in [4.78, 5) is 22.6. The number of nitrogens with one attached hydrogen (secondary N) is 1. The van der Waals surface area contributed by atoms with Gasteiger partial charge in [0.1, 0.15) is 6.54 Å². The van der Waals surface area contributed by atoms with Crippen molar-refractivity contribution in [1.29, 1.82) is 0 Å². The Balaban J connectivity index is 2.05. The Bertz CT molecular complexity index is 659. The average molecular weight is 291 g/mol. The van der Waals surface area contributed by atoms with Crippen molar-refractivity contribution in [2.45, 2.75) is 33.4 Å². The van der Waals surface area contributed by atoms with Gasteiger partial charge in [-0.25, -0.2) is 0 Å². The molecule has 0 aliphatic carbocycles. The van der Waals surface area contributed by atoms with Gasteiger partial charge in [-0.05, 0) is 13.3 Å². The van der Waals surface area contributed by atoms with Crippen LogP contribution in [0.3, 0.4) is 0 Å². The molecule has 8 nitrogen and oxygen atoms in total. The summed E-state index contributed by atoms with van der Waals surface area (Å²) in [6.45, 7) is 4.48. The Hall–Kier alpha value is -2.64. The van der Waals surface area contributed by atoms with Gasteiger partial charge >= 0.3 is 5.97 Å². The zero-order valence-electron chi connectivity index (χ0n) is 11.9. The van der Waals surface area contributed by atoms with E-state index in [1.165, 1.54) is 17.1 Å². The van der Waals surface area contributed by atoms with E-state index in [-0.39, 0.29) is 12.5 Å². The number of carbonyl (C=O) groups is 2. The lowest BCUT2D eigenvalue weighted by Crippen LogP contribution is -2.13. The number of aromatic nitrogens is 4. The van der Waals surface area contributed by atoms with Crippen LogP contribution in [0.4, 0.5) is 5.82 Å². The molecule has 2 rings (SSSR count). The van der Waals surface area contributed by atoms with Gasteiger partial charge in [0.15, 0.2) is 5.82 Å². The first-order valence-electron chi connectivity index (χ1n) is 6.59. The molecule has 2 N–H and O–H groups in total. The van der Waals surface area contributed by atoms with Crippen LogP contribution in [-0.2, 0) is 17.9 Å². The van der Waals surface area contributed by atoms with Gasteiger partial charge in [0.25, 0.3) is 5.91 Å². The van der Waals surface area contributed by atoms with Crippen LogP contribution in [0, 0.1) is 6.92 Å². The van der Waals surface area contributed by atoms with Crippen molar-refractivity contribution < 1.29 is 14.7 Å². The van der Waals surface area contributed by atoms with Gasteiger partial charge in [-0.15, -0.1) is 0 Å². The SMILES string of the molecule is CCCn1nc(NC(=O)c2cnn(CC(=O)O)c2)cc1C. The third-order valence-corrected chi connectivity index (χ3v) is 2.85. The van der Waals surface area contributed by atoms with Gasteiger partial charge in [-0.3, -0.25) is 19.0 Å². The van der Waals surface area contributed by atoms with Crippen LogP contribution in [-0.4, -0.2) is 36.5 Å². The standard InChI is InChI=1S/C13H17N5O3/c1-3-4-18-9(2)5-11(16-18)15-13(21)10-6-14-17(7-10)8-12(19)20/h5-7H,3-4,8H2,1-2H3,(H,19,20)(H,15,16,21). The van der Waals surface area contributed by atoms with Crippen LogP contribution in [0.1, 0.15) is 29.4 Å². The van der Waals surface area contributed by atoms with Crippen LogP contribution in [0.5, 0.6) is 0 Å². The highest BCUT2D eigenvalue weighted by molar-refractivity contribution is 6.03. The Morgan fingerprint density at radius 1 is 1.43 bits per heavy atom. The topological polar surface area (TPSA) is 102 Å². The van der Waals surface area contributed by atoms with Gasteiger partial charge in [-0.2, -0.15) is 10.2 Å². The predicted octanol–water partition coefficient (Wildman–Crippen LogP) is 1.13. The second-order valence-electron chi connectivity index (χ2n) is 4.67. The molecule has 0 aliphatic heterocycles. The van der Waals surface area contributed by atoms with Crippen LogP contribution in [0.15, 0.2) is 18.5 Å². The summed E-state index contributed by atoms with van der Waals surface area (Å²) in [5, 5.41) is 19.4. The van der Waals surface area contributed by atoms with Crippen molar-refractivity contribution in [1.82, 2.24) is 19.6 Å². The molecule has 0 atom stereocenters. The van der Waals surface area contributed by atoms with Crippen LogP contribution < -0.4 is 5.32 Å². The number of carboxylic acids is 1. The molecule has 0 radical (unpaired) electrons. The number of nitrogens with zero attached hydrogens (tertiary/aromatic N) is 4. The normalized spacial score (nSPS) is 10.6. The third-order valence-electron chi connectivity index (χ3n) is 2.85. The van der Waals surface area contributed by atoms with Crippen molar-refractivity contribution in [3.63, 3.8) is 0 Å². The Morgan fingerprint density at radius 3 is 2.86 bits per heavy atom. The minimum Gasteiger partial charge on any atom is -0.480 e. The van der Waals surface area contributed by atoms with E-state index < -0.39 is 5.97 Å². The minimum absolute atomic E-state index is 0.280. The molecule has 1 amide bonds. The number of hydrogen-bond donors (Lipinski definition) is 2. The molecule has 0 spiro atoms. The number of aryl methyl sites for hydroxylation is 2. The first-order chi connectivity index (χ1) is 9.99. The monoisotopic (exact) mass is 291 g/mol. The Morgan fingerprint density at radius 2 is 2.19 bits per heavy atom. The minimum atomic E-state index is -1.01. The second-order valence-corrected chi connectivity index (χ2v) is 4.67. The Labute approximate surface area is 121 Å². The number of rotatable bonds is 6. The maximum absolute atomic E-state index is 12.0. The second kappa shape index (κ2) is 6.21. The zero-order chi connectivity index (χ0) is 15.4. The van der Waals surface area contributed by atoms with E-state index in [9.17, 15) is 9.59 Å². The first-order valence-corrected chi connectivity index (χ1v) is 6.59. The third kappa shape index (κ3) is 3.68. The summed E-state index contributed by atoms with van der Waals surface area (Å²) in [5.41, 5.74) is 1.26. The molecule has 0 fully saturated rings. The number of carbonyl (C=O) groups excluding carboxylic acids is 1. The number of hydrogen-bond acceptors (Lipinski definition) is 4. The molecular weight excluding hydrogens is 274 g/mol. The van der Waals surface area contributed by atoms with Gasteiger partial charge in [0.05, 0.1) is 11.8 Å². The van der Waals surface area contributed by atoms with Gasteiger partial charge in [-0.1, -0.05) is 6.92 Å². The van der Waals surface area contributed by atoms with Crippen molar-refractivity contribution in [2.24, 2.45) is 0 Å². The summed E-state index contributed by atoms with van der Waals surface area (Å²) >= 11 is 0. The molecular formula is C13H17N5O3. The summed E-state index contributed by atoms with van der Waals surface area (Å²) in [5.74, 6) is -0.913. The van der Waals surface area contributed by atoms with E-state index in [4.69, 9.17) is 5.11 Å². The van der Waals surface area contributed by atoms with Gasteiger partial charge in [0.2, 0.25) is 0 Å². The molecule has 2 heterocycles. The van der Waals surface area contributed by atoms with Crippen molar-refractivity contribution in [2.75, 3.05) is 5.32 Å². The summed E-state index contributed by atoms with van der Waals surface area (Å²) < 4.78 is 3.02. The van der Waals surface area contributed by atoms with Gasteiger partial charge in [0, 0.05) is 24.5 Å². The number of aliphatic carboxylic acids is 1. The fourth-order valence-corrected chi connectivity index (χ4v) is 1.90. The summed E-state index contributed by atoms with van der Waals surface area (Å²) in [6.07, 6.45) is 3.67. The average Bonchev–Trinajstić information content (AvgIpc) is 2.97. The highest BCUT2D eigenvalue weighted by atomic mass is 16.4. The first kappa shape index (κ1) is 14.8. The van der Waals surface area contributed by atoms with Crippen LogP contribution in [0.25, 0.3) is 0 Å². The predicted molar refractivity (Wildman–Crippen MR) is 75.1 cm³/mol. The van der Waals surface area contributed by atoms with Crippen molar-refractivity contribution in [3.05, 3.63) is 29.7 Å². The maximum atomic E-state index is 12.0. The van der Waals surface area contributed by atoms with Crippen molar-refractivity contribution >= 4 is 17.7 Å². The van der Waals surface area contributed by atoms with Crippen molar-refractivity contribution in [3.8, 4) is 0 Å². The lowest BCUT2D eigenvalue weighted by atomic mass is 10.3. The van der Waals surface area contributed by atoms with Crippen LogP contribution >= 0.6 is 0 Å². The number of anilines is 1. The molecule has 21 heavy (non-hydrogen) atoms. The molecule has 0 saturated carbocycles. The molecule has 0 bridgehead atoms. The molecule has 112 valence electrons. The molecule has 0 aromatic carbocycles. The molecule has 2 aromatic heterocycles. The summed E-state index contributed by atoms with van der Waals surface area (Å²) in [7, 11) is 0. The molecule has 0 unspecified atom stereocenters. The smallest absolute Gasteiger partial charge is 0.325 e. The van der Waals surface area contributed by atoms with E-state index >= 15 is 0 Å². The molecule has 0 saturated heterocycles. The van der Waals surface area contributed by atoms with E-state index in [0.29, 0.717) is 11.4 Å². The quantitative estimate of drug-likeness (QED) is 0.830. The lowest BCUT2D eigenvalue weighted by molar-refractivity contribution is -0.137.